The Balaban J connectivity index is 1.78. The van der Waals surface area contributed by atoms with E-state index in [9.17, 15) is 9.59 Å². The average molecular weight is 232 g/mol. The zero-order valence-corrected chi connectivity index (χ0v) is 9.09. The Morgan fingerprint density at radius 1 is 1.35 bits per heavy atom. The first kappa shape index (κ1) is 10.2. The van der Waals surface area contributed by atoms with Crippen LogP contribution in [0.3, 0.4) is 0 Å². The Kier molecular flexibility index (Phi) is 2.12. The number of likely N-dealkylation sites (tertiary alicyclic amines) is 1. The molecule has 2 amide bonds. The van der Waals surface area contributed by atoms with Crippen LogP contribution in [-0.4, -0.2) is 21.7 Å². The summed E-state index contributed by atoms with van der Waals surface area (Å²) in [5, 5.41) is 0. The molecule has 0 aromatic carbocycles. The van der Waals surface area contributed by atoms with Gasteiger partial charge >= 0.3 is 0 Å². The number of anilines is 1. The van der Waals surface area contributed by atoms with Crippen molar-refractivity contribution in [2.75, 3.05) is 5.43 Å². The number of nitrogen functional groups attached to an aromatic ring is 1. The molecular weight excluding hydrogens is 220 g/mol. The van der Waals surface area contributed by atoms with Crippen LogP contribution in [0.4, 0.5) is 5.82 Å². The standard InChI is InChI=1S/C11H12N4O2/c12-14-9-3-1-2-6(13-9)5-15-10(16)7-4-8(7)11(15)17/h1-3,7-8H,4-5,12H2,(H,13,14). The van der Waals surface area contributed by atoms with E-state index in [1.165, 1.54) is 4.90 Å². The van der Waals surface area contributed by atoms with Gasteiger partial charge in [-0.05, 0) is 18.6 Å². The first-order valence-corrected chi connectivity index (χ1v) is 5.48. The minimum atomic E-state index is -0.0621. The summed E-state index contributed by atoms with van der Waals surface area (Å²) in [6.45, 7) is 0.236. The summed E-state index contributed by atoms with van der Waals surface area (Å²) in [5.74, 6) is 5.53. The monoisotopic (exact) mass is 232 g/mol. The Hall–Kier alpha value is -1.95. The number of nitrogens with one attached hydrogen (secondary N) is 1. The number of aromatic nitrogens is 1. The quantitative estimate of drug-likeness (QED) is 0.430. The van der Waals surface area contributed by atoms with Gasteiger partial charge < -0.3 is 5.43 Å². The number of nitrogens with two attached hydrogens (primary N) is 1. The molecule has 88 valence electrons. The van der Waals surface area contributed by atoms with Crippen molar-refractivity contribution in [2.45, 2.75) is 13.0 Å². The number of rotatable bonds is 3. The zero-order valence-electron chi connectivity index (χ0n) is 9.09. The van der Waals surface area contributed by atoms with E-state index in [1.807, 2.05) is 0 Å². The topological polar surface area (TPSA) is 88.3 Å². The third-order valence-corrected chi connectivity index (χ3v) is 3.23. The lowest BCUT2D eigenvalue weighted by molar-refractivity contribution is -0.142. The molecule has 1 aromatic rings. The van der Waals surface area contributed by atoms with E-state index in [1.54, 1.807) is 18.2 Å². The number of pyridine rings is 1. The molecule has 0 spiro atoms. The van der Waals surface area contributed by atoms with E-state index in [0.29, 0.717) is 11.5 Å². The first-order chi connectivity index (χ1) is 8.20. The maximum absolute atomic E-state index is 11.8. The van der Waals surface area contributed by atoms with Crippen LogP contribution in [0.25, 0.3) is 0 Å². The van der Waals surface area contributed by atoms with Crippen LogP contribution in [0.2, 0.25) is 0 Å². The molecule has 2 heterocycles. The number of carbonyl (C=O) groups excluding carboxylic acids is 2. The van der Waals surface area contributed by atoms with E-state index in [2.05, 4.69) is 10.4 Å². The van der Waals surface area contributed by atoms with Gasteiger partial charge in [0, 0.05) is 0 Å². The number of imide groups is 1. The van der Waals surface area contributed by atoms with Gasteiger partial charge in [0.2, 0.25) is 11.8 Å². The van der Waals surface area contributed by atoms with Gasteiger partial charge in [-0.3, -0.25) is 14.5 Å². The summed E-state index contributed by atoms with van der Waals surface area (Å²) >= 11 is 0. The van der Waals surface area contributed by atoms with E-state index in [4.69, 9.17) is 5.84 Å². The third kappa shape index (κ3) is 1.57. The molecule has 1 saturated heterocycles. The summed E-state index contributed by atoms with van der Waals surface area (Å²) in [4.78, 5) is 29.0. The predicted molar refractivity (Wildman–Crippen MR) is 59.2 cm³/mol. The lowest BCUT2D eigenvalue weighted by Crippen LogP contribution is -2.32. The molecular formula is C11H12N4O2. The Morgan fingerprint density at radius 2 is 2.06 bits per heavy atom. The predicted octanol–water partition coefficient (Wildman–Crippen LogP) is -0.128. The van der Waals surface area contributed by atoms with Gasteiger partial charge in [-0.25, -0.2) is 10.8 Å². The van der Waals surface area contributed by atoms with Gasteiger partial charge in [0.15, 0.2) is 0 Å². The van der Waals surface area contributed by atoms with Crippen molar-refractivity contribution in [3.8, 4) is 0 Å². The van der Waals surface area contributed by atoms with Crippen LogP contribution in [0.15, 0.2) is 18.2 Å². The van der Waals surface area contributed by atoms with Crippen LogP contribution in [0.5, 0.6) is 0 Å². The fourth-order valence-electron chi connectivity index (χ4n) is 2.22. The SMILES string of the molecule is NNc1cccc(CN2C(=O)C3CC3C2=O)n1. The number of amides is 2. The Morgan fingerprint density at radius 3 is 2.71 bits per heavy atom. The lowest BCUT2D eigenvalue weighted by atomic mass is 10.3. The first-order valence-electron chi connectivity index (χ1n) is 5.48. The molecule has 6 heteroatoms. The fourth-order valence-corrected chi connectivity index (χ4v) is 2.22. The second-order valence-electron chi connectivity index (χ2n) is 4.37. The normalized spacial score (nSPS) is 26.1. The molecule has 3 rings (SSSR count). The van der Waals surface area contributed by atoms with Crippen molar-refractivity contribution in [1.29, 1.82) is 0 Å². The van der Waals surface area contributed by atoms with Crippen LogP contribution >= 0.6 is 0 Å². The number of hydrazine groups is 1. The number of hydrogen-bond acceptors (Lipinski definition) is 5. The van der Waals surface area contributed by atoms with Gasteiger partial charge in [-0.2, -0.15) is 0 Å². The van der Waals surface area contributed by atoms with Crippen LogP contribution in [0, 0.1) is 11.8 Å². The lowest BCUT2D eigenvalue weighted by Gasteiger charge is -2.15. The number of carbonyl (C=O) groups is 2. The van der Waals surface area contributed by atoms with Gasteiger partial charge in [0.05, 0.1) is 24.1 Å². The minimum absolute atomic E-state index is 0.0571. The van der Waals surface area contributed by atoms with Crippen LogP contribution in [-0.2, 0) is 16.1 Å². The summed E-state index contributed by atoms with van der Waals surface area (Å²) in [7, 11) is 0. The van der Waals surface area contributed by atoms with E-state index in [0.717, 1.165) is 6.42 Å². The highest BCUT2D eigenvalue weighted by atomic mass is 16.2. The van der Waals surface area contributed by atoms with Crippen LogP contribution < -0.4 is 11.3 Å². The number of piperidine rings is 1. The molecule has 1 saturated carbocycles. The Bertz CT molecular complexity index is 482. The number of hydrogen-bond donors (Lipinski definition) is 2. The summed E-state index contributed by atoms with van der Waals surface area (Å²) < 4.78 is 0. The molecule has 6 nitrogen and oxygen atoms in total. The Labute approximate surface area is 97.8 Å². The molecule has 2 aliphatic rings. The maximum Gasteiger partial charge on any atom is 0.233 e. The second-order valence-corrected chi connectivity index (χ2v) is 4.37. The maximum atomic E-state index is 11.8. The fraction of sp³-hybridized carbons (Fsp3) is 0.364. The highest BCUT2D eigenvalue weighted by Crippen LogP contribution is 2.47. The molecule has 0 radical (unpaired) electrons. The molecule has 3 N–H and O–H groups in total. The summed E-state index contributed by atoms with van der Waals surface area (Å²) in [5.41, 5.74) is 3.09. The number of nitrogens with zero attached hydrogens (tertiary/aromatic N) is 2. The van der Waals surface area contributed by atoms with Gasteiger partial charge in [-0.15, -0.1) is 0 Å². The smallest absolute Gasteiger partial charge is 0.233 e. The van der Waals surface area contributed by atoms with E-state index < -0.39 is 0 Å². The molecule has 0 bridgehead atoms. The zero-order chi connectivity index (χ0) is 12.0. The molecule has 1 aliphatic carbocycles. The molecule has 2 fully saturated rings. The largest absolute Gasteiger partial charge is 0.308 e. The second kappa shape index (κ2) is 3.53. The van der Waals surface area contributed by atoms with Crippen molar-refractivity contribution in [3.63, 3.8) is 0 Å². The highest BCUT2D eigenvalue weighted by Gasteiger charge is 2.58. The van der Waals surface area contributed by atoms with E-state index in [-0.39, 0.29) is 30.2 Å². The van der Waals surface area contributed by atoms with Crippen molar-refractivity contribution in [3.05, 3.63) is 23.9 Å². The van der Waals surface area contributed by atoms with Gasteiger partial charge in [-0.1, -0.05) is 6.07 Å². The number of fused-ring (bicyclic) bond motifs is 1. The average Bonchev–Trinajstić information content (AvgIpc) is 3.10. The molecule has 1 aliphatic heterocycles. The van der Waals surface area contributed by atoms with Crippen molar-refractivity contribution < 1.29 is 9.59 Å². The summed E-state index contributed by atoms with van der Waals surface area (Å²) in [6, 6.07) is 5.27. The summed E-state index contributed by atoms with van der Waals surface area (Å²) in [6.07, 6.45) is 0.728. The molecule has 1 aromatic heterocycles. The molecule has 2 unspecified atom stereocenters. The van der Waals surface area contributed by atoms with Gasteiger partial charge in [0.25, 0.3) is 0 Å². The van der Waals surface area contributed by atoms with Crippen molar-refractivity contribution >= 4 is 17.6 Å². The van der Waals surface area contributed by atoms with Crippen LogP contribution in [0.1, 0.15) is 12.1 Å². The van der Waals surface area contributed by atoms with Gasteiger partial charge in [0.1, 0.15) is 5.82 Å². The van der Waals surface area contributed by atoms with E-state index >= 15 is 0 Å². The van der Waals surface area contributed by atoms with Crippen molar-refractivity contribution in [2.24, 2.45) is 17.7 Å². The minimum Gasteiger partial charge on any atom is -0.308 e. The molecule has 17 heavy (non-hydrogen) atoms. The highest BCUT2D eigenvalue weighted by molar-refractivity contribution is 6.08. The third-order valence-electron chi connectivity index (χ3n) is 3.23. The van der Waals surface area contributed by atoms with Crippen molar-refractivity contribution in [1.82, 2.24) is 9.88 Å². The molecule has 2 atom stereocenters.